The van der Waals surface area contributed by atoms with Crippen LogP contribution in [0.2, 0.25) is 5.02 Å². The molecule has 2 amide bonds. The third-order valence-corrected chi connectivity index (χ3v) is 7.76. The Morgan fingerprint density at radius 2 is 1.38 bits per heavy atom. The van der Waals surface area contributed by atoms with Gasteiger partial charge in [-0.25, -0.2) is 0 Å². The fourth-order valence-corrected chi connectivity index (χ4v) is 5.34. The molecule has 0 spiro atoms. The van der Waals surface area contributed by atoms with Gasteiger partial charge in [0.15, 0.2) is 0 Å². The van der Waals surface area contributed by atoms with Gasteiger partial charge in [-0.1, -0.05) is 121 Å². The van der Waals surface area contributed by atoms with Crippen molar-refractivity contribution in [3.8, 4) is 0 Å². The van der Waals surface area contributed by atoms with E-state index in [1.165, 1.54) is 89.9 Å². The Hall–Kier alpha value is -1.59. The van der Waals surface area contributed by atoms with Crippen LogP contribution in [0.4, 0.5) is 5.69 Å². The van der Waals surface area contributed by atoms with Gasteiger partial charge < -0.3 is 16.0 Å². The maximum absolute atomic E-state index is 12.7. The van der Waals surface area contributed by atoms with Crippen LogP contribution in [0.25, 0.3) is 0 Å². The van der Waals surface area contributed by atoms with Crippen LogP contribution in [0.3, 0.4) is 0 Å². The van der Waals surface area contributed by atoms with Crippen molar-refractivity contribution < 1.29 is 9.59 Å². The maximum Gasteiger partial charge on any atom is 0.253 e. The predicted molar refractivity (Wildman–Crippen MR) is 158 cm³/mol. The molecule has 6 heteroatoms. The molecule has 1 aromatic rings. The van der Waals surface area contributed by atoms with Crippen molar-refractivity contribution in [1.82, 2.24) is 10.6 Å². The van der Waals surface area contributed by atoms with E-state index in [0.717, 1.165) is 38.6 Å². The SMILES string of the molecule is CCCCCCCCCCCCCCCCNCC(=O)Nc1ccc(Cl)c(C(=O)NC2CCCCC2)c1. The molecule has 3 N–H and O–H groups in total. The van der Waals surface area contributed by atoms with Gasteiger partial charge in [-0.2, -0.15) is 0 Å². The molecule has 1 fully saturated rings. The molecule has 210 valence electrons. The summed E-state index contributed by atoms with van der Waals surface area (Å²) in [6.07, 6.45) is 24.4. The van der Waals surface area contributed by atoms with Gasteiger partial charge in [0.05, 0.1) is 17.1 Å². The Morgan fingerprint density at radius 3 is 1.97 bits per heavy atom. The normalized spacial score (nSPS) is 14.0. The molecule has 0 saturated heterocycles. The molecule has 1 saturated carbocycles. The van der Waals surface area contributed by atoms with E-state index in [-0.39, 0.29) is 24.4 Å². The first kappa shape index (κ1) is 31.6. The zero-order valence-electron chi connectivity index (χ0n) is 23.4. The van der Waals surface area contributed by atoms with E-state index in [1.54, 1.807) is 18.2 Å². The van der Waals surface area contributed by atoms with E-state index in [9.17, 15) is 9.59 Å². The second-order valence-corrected chi connectivity index (χ2v) is 11.2. The van der Waals surface area contributed by atoms with Gasteiger partial charge in [-0.3, -0.25) is 9.59 Å². The monoisotopic (exact) mass is 533 g/mol. The summed E-state index contributed by atoms with van der Waals surface area (Å²) in [4.78, 5) is 25.0. The van der Waals surface area contributed by atoms with Crippen LogP contribution >= 0.6 is 11.6 Å². The van der Waals surface area contributed by atoms with Crippen LogP contribution in [-0.4, -0.2) is 30.9 Å². The summed E-state index contributed by atoms with van der Waals surface area (Å²) in [5.41, 5.74) is 1.02. The number of nitrogens with one attached hydrogen (secondary N) is 3. The molecule has 0 atom stereocenters. The van der Waals surface area contributed by atoms with Gasteiger partial charge in [-0.15, -0.1) is 0 Å². The number of halogens is 1. The minimum Gasteiger partial charge on any atom is -0.349 e. The van der Waals surface area contributed by atoms with Crippen LogP contribution in [0, 0.1) is 0 Å². The molecule has 2 rings (SSSR count). The molecule has 37 heavy (non-hydrogen) atoms. The fourth-order valence-electron chi connectivity index (χ4n) is 5.14. The van der Waals surface area contributed by atoms with Crippen LogP contribution in [0.5, 0.6) is 0 Å². The molecule has 1 aromatic carbocycles. The molecule has 0 aromatic heterocycles. The van der Waals surface area contributed by atoms with Crippen LogP contribution < -0.4 is 16.0 Å². The van der Waals surface area contributed by atoms with Gasteiger partial charge in [0.25, 0.3) is 5.91 Å². The number of amides is 2. The highest BCUT2D eigenvalue weighted by atomic mass is 35.5. The minimum atomic E-state index is -0.163. The van der Waals surface area contributed by atoms with Gasteiger partial charge in [0.1, 0.15) is 0 Å². The van der Waals surface area contributed by atoms with E-state index in [0.29, 0.717) is 16.3 Å². The van der Waals surface area contributed by atoms with Crippen molar-refractivity contribution in [1.29, 1.82) is 0 Å². The van der Waals surface area contributed by atoms with E-state index in [4.69, 9.17) is 11.6 Å². The Labute approximate surface area is 231 Å². The van der Waals surface area contributed by atoms with Gasteiger partial charge in [0, 0.05) is 11.7 Å². The Kier molecular flexibility index (Phi) is 17.4. The summed E-state index contributed by atoms with van der Waals surface area (Å²) >= 11 is 6.27. The highest BCUT2D eigenvalue weighted by Crippen LogP contribution is 2.23. The molecule has 0 radical (unpaired) electrons. The van der Waals surface area contributed by atoms with E-state index >= 15 is 0 Å². The number of carbonyl (C=O) groups is 2. The average molecular weight is 534 g/mol. The van der Waals surface area contributed by atoms with Crippen molar-refractivity contribution in [2.24, 2.45) is 0 Å². The summed E-state index contributed by atoms with van der Waals surface area (Å²) < 4.78 is 0. The summed E-state index contributed by atoms with van der Waals surface area (Å²) in [5, 5.41) is 9.61. The molecule has 0 bridgehead atoms. The maximum atomic E-state index is 12.7. The van der Waals surface area contributed by atoms with E-state index < -0.39 is 0 Å². The highest BCUT2D eigenvalue weighted by Gasteiger charge is 2.19. The molecule has 1 aliphatic rings. The molecule has 0 aliphatic heterocycles. The molecule has 0 unspecified atom stereocenters. The Balaban J connectivity index is 1.48. The minimum absolute atomic E-state index is 0.105. The first-order valence-corrected chi connectivity index (χ1v) is 15.6. The standard InChI is InChI=1S/C31H52ClN3O2/c1-2-3-4-5-6-7-8-9-10-11-12-13-14-18-23-33-25-30(36)34-27-21-22-29(32)28(24-27)31(37)35-26-19-16-15-17-20-26/h21-22,24,26,33H,2-20,23,25H2,1H3,(H,34,36)(H,35,37). The molecule has 0 heterocycles. The first-order valence-electron chi connectivity index (χ1n) is 15.2. The number of benzene rings is 1. The number of anilines is 1. The number of hydrogen-bond acceptors (Lipinski definition) is 3. The lowest BCUT2D eigenvalue weighted by atomic mass is 9.95. The summed E-state index contributed by atoms with van der Waals surface area (Å²) in [6, 6.07) is 5.31. The van der Waals surface area contributed by atoms with Gasteiger partial charge in [-0.05, 0) is 44.0 Å². The zero-order valence-corrected chi connectivity index (χ0v) is 24.1. The quantitative estimate of drug-likeness (QED) is 0.147. The lowest BCUT2D eigenvalue weighted by molar-refractivity contribution is -0.115. The topological polar surface area (TPSA) is 70.2 Å². The van der Waals surface area contributed by atoms with E-state index in [2.05, 4.69) is 22.9 Å². The molecular weight excluding hydrogens is 482 g/mol. The van der Waals surface area contributed by atoms with Crippen molar-refractivity contribution in [2.45, 2.75) is 135 Å². The second-order valence-electron chi connectivity index (χ2n) is 10.8. The smallest absolute Gasteiger partial charge is 0.253 e. The van der Waals surface area contributed by atoms with Crippen molar-refractivity contribution in [2.75, 3.05) is 18.4 Å². The lowest BCUT2D eigenvalue weighted by Crippen LogP contribution is -2.36. The van der Waals surface area contributed by atoms with Gasteiger partial charge >= 0.3 is 0 Å². The molecular formula is C31H52ClN3O2. The van der Waals surface area contributed by atoms with Crippen molar-refractivity contribution in [3.63, 3.8) is 0 Å². The third kappa shape index (κ3) is 14.8. The second kappa shape index (κ2) is 20.4. The van der Waals surface area contributed by atoms with E-state index in [1.807, 2.05) is 0 Å². The number of unbranched alkanes of at least 4 members (excludes halogenated alkanes) is 13. The highest BCUT2D eigenvalue weighted by molar-refractivity contribution is 6.34. The third-order valence-electron chi connectivity index (χ3n) is 7.43. The summed E-state index contributed by atoms with van der Waals surface area (Å²) in [7, 11) is 0. The average Bonchev–Trinajstić information content (AvgIpc) is 2.90. The van der Waals surface area contributed by atoms with Crippen LogP contribution in [0.15, 0.2) is 18.2 Å². The largest absolute Gasteiger partial charge is 0.349 e. The molecule has 5 nitrogen and oxygen atoms in total. The number of rotatable bonds is 20. The number of hydrogen-bond donors (Lipinski definition) is 3. The molecule has 1 aliphatic carbocycles. The first-order chi connectivity index (χ1) is 18.1. The summed E-state index contributed by atoms with van der Waals surface area (Å²) in [5.74, 6) is -0.268. The predicted octanol–water partition coefficient (Wildman–Crippen LogP) is 8.41. The summed E-state index contributed by atoms with van der Waals surface area (Å²) in [6.45, 7) is 3.39. The van der Waals surface area contributed by atoms with Crippen molar-refractivity contribution in [3.05, 3.63) is 28.8 Å². The number of carbonyl (C=O) groups excluding carboxylic acids is 2. The Bertz CT molecular complexity index is 765. The van der Waals surface area contributed by atoms with Crippen LogP contribution in [-0.2, 0) is 4.79 Å². The van der Waals surface area contributed by atoms with Gasteiger partial charge in [0.2, 0.25) is 5.91 Å². The lowest BCUT2D eigenvalue weighted by Gasteiger charge is -2.23. The fraction of sp³-hybridized carbons (Fsp3) is 0.742. The van der Waals surface area contributed by atoms with Crippen molar-refractivity contribution >= 4 is 29.1 Å². The Morgan fingerprint density at radius 1 is 0.811 bits per heavy atom. The zero-order chi connectivity index (χ0) is 26.6. The van der Waals surface area contributed by atoms with Crippen LogP contribution in [0.1, 0.15) is 139 Å².